The van der Waals surface area contributed by atoms with Gasteiger partial charge in [-0.25, -0.2) is 0 Å². The Kier molecular flexibility index (Phi) is 6.12. The molecule has 0 bridgehead atoms. The third-order valence-electron chi connectivity index (χ3n) is 3.20. The second-order valence-corrected chi connectivity index (χ2v) is 5.04. The Labute approximate surface area is 130 Å². The number of hydrogen-bond donors (Lipinski definition) is 0. The molecule has 1 saturated heterocycles. The molecule has 0 N–H and O–H groups in total. The molecule has 0 saturated carbocycles. The van der Waals surface area contributed by atoms with Crippen LogP contribution in [-0.4, -0.2) is 51.0 Å². The molecule has 0 aliphatic carbocycles. The van der Waals surface area contributed by atoms with Gasteiger partial charge in [-0.05, 0) is 13.0 Å². The lowest BCUT2D eigenvalue weighted by Gasteiger charge is -2.26. The number of benzene rings is 1. The average Bonchev–Trinajstić information content (AvgIpc) is 2.51. The van der Waals surface area contributed by atoms with Crippen molar-refractivity contribution in [2.45, 2.75) is 6.92 Å². The fourth-order valence-corrected chi connectivity index (χ4v) is 2.40. The van der Waals surface area contributed by atoms with Crippen molar-refractivity contribution in [1.82, 2.24) is 4.90 Å². The van der Waals surface area contributed by atoms with E-state index in [9.17, 15) is 0 Å². The highest BCUT2D eigenvalue weighted by molar-refractivity contribution is 6.32. The number of morpholine rings is 1. The van der Waals surface area contributed by atoms with Crippen molar-refractivity contribution in [1.29, 1.82) is 5.26 Å². The van der Waals surface area contributed by atoms with E-state index >= 15 is 0 Å². The van der Waals surface area contributed by atoms with Crippen LogP contribution >= 0.6 is 11.6 Å². The molecular formula is C15H19ClN2O3. The van der Waals surface area contributed by atoms with Crippen molar-refractivity contribution in [3.63, 3.8) is 0 Å². The van der Waals surface area contributed by atoms with Gasteiger partial charge in [-0.15, -0.1) is 0 Å². The van der Waals surface area contributed by atoms with Crippen LogP contribution in [-0.2, 0) is 4.74 Å². The molecule has 0 unspecified atom stereocenters. The van der Waals surface area contributed by atoms with Crippen LogP contribution in [0.1, 0.15) is 12.5 Å². The monoisotopic (exact) mass is 310 g/mol. The third-order valence-corrected chi connectivity index (χ3v) is 3.48. The summed E-state index contributed by atoms with van der Waals surface area (Å²) in [6, 6.07) is 5.30. The lowest BCUT2D eigenvalue weighted by Crippen LogP contribution is -2.38. The normalized spacial score (nSPS) is 15.5. The molecule has 1 aromatic rings. The molecule has 21 heavy (non-hydrogen) atoms. The first kappa shape index (κ1) is 15.9. The van der Waals surface area contributed by atoms with Crippen LogP contribution in [0.4, 0.5) is 0 Å². The van der Waals surface area contributed by atoms with Gasteiger partial charge in [0.2, 0.25) is 0 Å². The Hall–Kier alpha value is -1.48. The minimum atomic E-state index is 0.402. The maximum atomic E-state index is 8.97. The van der Waals surface area contributed by atoms with E-state index < -0.39 is 0 Å². The molecule has 1 aliphatic heterocycles. The summed E-state index contributed by atoms with van der Waals surface area (Å²) in [6.45, 7) is 7.07. The van der Waals surface area contributed by atoms with E-state index in [1.165, 1.54) is 0 Å². The first-order chi connectivity index (χ1) is 10.2. The number of rotatable bonds is 6. The molecule has 0 spiro atoms. The molecule has 0 aromatic heterocycles. The molecule has 1 aliphatic rings. The van der Waals surface area contributed by atoms with Crippen molar-refractivity contribution in [2.75, 3.05) is 46.1 Å². The Balaban J connectivity index is 1.99. The van der Waals surface area contributed by atoms with Gasteiger partial charge in [0.25, 0.3) is 0 Å². The van der Waals surface area contributed by atoms with Crippen LogP contribution in [0.2, 0.25) is 5.02 Å². The molecule has 114 valence electrons. The van der Waals surface area contributed by atoms with Gasteiger partial charge in [-0.3, -0.25) is 4.90 Å². The first-order valence-electron chi connectivity index (χ1n) is 7.04. The van der Waals surface area contributed by atoms with Crippen molar-refractivity contribution in [2.24, 2.45) is 0 Å². The summed E-state index contributed by atoms with van der Waals surface area (Å²) in [5.74, 6) is 1.02. The second-order valence-electron chi connectivity index (χ2n) is 4.63. The topological polar surface area (TPSA) is 54.7 Å². The Morgan fingerprint density at radius 1 is 1.33 bits per heavy atom. The van der Waals surface area contributed by atoms with Crippen LogP contribution in [0.5, 0.6) is 11.5 Å². The lowest BCUT2D eigenvalue weighted by atomic mass is 10.2. The predicted molar refractivity (Wildman–Crippen MR) is 80.1 cm³/mol. The summed E-state index contributed by atoms with van der Waals surface area (Å²) in [5, 5.41) is 9.37. The van der Waals surface area contributed by atoms with Crippen LogP contribution < -0.4 is 9.47 Å². The predicted octanol–water partition coefficient (Wildman–Crippen LogP) is 2.32. The van der Waals surface area contributed by atoms with Gasteiger partial charge in [0, 0.05) is 25.7 Å². The fraction of sp³-hybridized carbons (Fsp3) is 0.533. The van der Waals surface area contributed by atoms with Crippen LogP contribution in [0, 0.1) is 11.3 Å². The molecule has 0 radical (unpaired) electrons. The molecule has 5 nitrogen and oxygen atoms in total. The number of nitriles is 1. The molecule has 0 atom stereocenters. The maximum Gasteiger partial charge on any atom is 0.179 e. The summed E-state index contributed by atoms with van der Waals surface area (Å²) in [5.41, 5.74) is 0.462. The van der Waals surface area contributed by atoms with Gasteiger partial charge < -0.3 is 14.2 Å². The Morgan fingerprint density at radius 3 is 2.76 bits per heavy atom. The van der Waals surface area contributed by atoms with Crippen molar-refractivity contribution in [3.05, 3.63) is 22.7 Å². The van der Waals surface area contributed by atoms with Gasteiger partial charge in [-0.1, -0.05) is 11.6 Å². The van der Waals surface area contributed by atoms with Crippen LogP contribution in [0.15, 0.2) is 12.1 Å². The van der Waals surface area contributed by atoms with Gasteiger partial charge in [0.1, 0.15) is 6.61 Å². The summed E-state index contributed by atoms with van der Waals surface area (Å²) in [6.07, 6.45) is 0. The van der Waals surface area contributed by atoms with Crippen molar-refractivity contribution < 1.29 is 14.2 Å². The summed E-state index contributed by atoms with van der Waals surface area (Å²) in [4.78, 5) is 2.28. The maximum absolute atomic E-state index is 8.97. The van der Waals surface area contributed by atoms with Gasteiger partial charge in [0.05, 0.1) is 36.5 Å². The van der Waals surface area contributed by atoms with E-state index in [0.29, 0.717) is 35.3 Å². The van der Waals surface area contributed by atoms with E-state index in [2.05, 4.69) is 11.0 Å². The van der Waals surface area contributed by atoms with Crippen LogP contribution in [0.25, 0.3) is 0 Å². The second kappa shape index (κ2) is 8.08. The highest BCUT2D eigenvalue weighted by atomic mass is 35.5. The molecule has 1 heterocycles. The van der Waals surface area contributed by atoms with E-state index in [1.807, 2.05) is 6.92 Å². The van der Waals surface area contributed by atoms with E-state index in [1.54, 1.807) is 12.1 Å². The zero-order valence-electron chi connectivity index (χ0n) is 12.1. The molecule has 6 heteroatoms. The standard InChI is InChI=1S/C15H19ClN2O3/c1-2-20-14-10-12(11-17)9-13(16)15(14)21-8-5-18-3-6-19-7-4-18/h9-10H,2-8H2,1H3. The molecule has 0 amide bonds. The molecule has 2 rings (SSSR count). The van der Waals surface area contributed by atoms with E-state index in [0.717, 1.165) is 32.8 Å². The van der Waals surface area contributed by atoms with Crippen molar-refractivity contribution >= 4 is 11.6 Å². The molecule has 1 fully saturated rings. The zero-order chi connectivity index (χ0) is 15.1. The Bertz CT molecular complexity index is 510. The van der Waals surface area contributed by atoms with E-state index in [-0.39, 0.29) is 0 Å². The number of ether oxygens (including phenoxy) is 3. The van der Waals surface area contributed by atoms with Crippen molar-refractivity contribution in [3.8, 4) is 17.6 Å². The number of halogens is 1. The average molecular weight is 311 g/mol. The quantitative estimate of drug-likeness (QED) is 0.807. The number of hydrogen-bond acceptors (Lipinski definition) is 5. The highest BCUT2D eigenvalue weighted by Gasteiger charge is 2.14. The largest absolute Gasteiger partial charge is 0.490 e. The van der Waals surface area contributed by atoms with E-state index in [4.69, 9.17) is 31.1 Å². The van der Waals surface area contributed by atoms with Gasteiger partial charge >= 0.3 is 0 Å². The molecular weight excluding hydrogens is 292 g/mol. The number of nitrogens with zero attached hydrogens (tertiary/aromatic N) is 2. The smallest absolute Gasteiger partial charge is 0.179 e. The summed E-state index contributed by atoms with van der Waals surface area (Å²) >= 11 is 6.18. The minimum Gasteiger partial charge on any atom is -0.490 e. The Morgan fingerprint density at radius 2 is 2.10 bits per heavy atom. The minimum absolute atomic E-state index is 0.402. The third kappa shape index (κ3) is 4.50. The van der Waals surface area contributed by atoms with Gasteiger partial charge in [-0.2, -0.15) is 5.26 Å². The summed E-state index contributed by atoms with van der Waals surface area (Å²) < 4.78 is 16.6. The SMILES string of the molecule is CCOc1cc(C#N)cc(Cl)c1OCCN1CCOCC1. The van der Waals surface area contributed by atoms with Gasteiger partial charge in [0.15, 0.2) is 11.5 Å². The zero-order valence-corrected chi connectivity index (χ0v) is 12.9. The molecule has 1 aromatic carbocycles. The highest BCUT2D eigenvalue weighted by Crippen LogP contribution is 2.36. The van der Waals surface area contributed by atoms with Crippen LogP contribution in [0.3, 0.4) is 0 Å². The lowest BCUT2D eigenvalue weighted by molar-refractivity contribution is 0.0321. The summed E-state index contributed by atoms with van der Waals surface area (Å²) in [7, 11) is 0. The fourth-order valence-electron chi connectivity index (χ4n) is 2.14. The first-order valence-corrected chi connectivity index (χ1v) is 7.41.